The number of rotatable bonds is 3. The highest BCUT2D eigenvalue weighted by Crippen LogP contribution is 2.30. The summed E-state index contributed by atoms with van der Waals surface area (Å²) in [5, 5.41) is 0.952. The maximum Gasteiger partial charge on any atom is 0.148 e. The van der Waals surface area contributed by atoms with Gasteiger partial charge >= 0.3 is 0 Å². The molecule has 4 rings (SSSR count). The molecule has 0 spiro atoms. The van der Waals surface area contributed by atoms with Crippen LogP contribution in [0.25, 0.3) is 0 Å². The topological polar surface area (TPSA) is 45.8 Å². The van der Waals surface area contributed by atoms with Gasteiger partial charge in [0.25, 0.3) is 0 Å². The van der Waals surface area contributed by atoms with Crippen LogP contribution in [-0.4, -0.2) is 40.0 Å². The number of aromatic nitrogens is 2. The summed E-state index contributed by atoms with van der Waals surface area (Å²) >= 11 is 12.7. The maximum absolute atomic E-state index is 6.43. The first-order valence-corrected chi connectivity index (χ1v) is 8.97. The monoisotopic (exact) mass is 545 g/mol. The molecule has 0 unspecified atom stereocenters. The van der Waals surface area contributed by atoms with Gasteiger partial charge in [0.2, 0.25) is 0 Å². The molecule has 9 heteroatoms. The Morgan fingerprint density at radius 2 is 1.86 bits per heavy atom. The van der Waals surface area contributed by atoms with E-state index >= 15 is 0 Å². The Kier molecular flexibility index (Phi) is 7.81. The van der Waals surface area contributed by atoms with Crippen LogP contribution >= 0.6 is 57.2 Å². The zero-order valence-electron chi connectivity index (χ0n) is 15.3. The zero-order valence-corrected chi connectivity index (χ0v) is 20.2. The molecule has 0 radical (unpaired) electrons. The molecule has 2 aliphatic rings. The number of hydrogen-bond acceptors (Lipinski definition) is 4. The van der Waals surface area contributed by atoms with Crippen molar-refractivity contribution in [3.05, 3.63) is 75.6 Å². The number of benzene rings is 1. The van der Waals surface area contributed by atoms with Gasteiger partial charge in [0.05, 0.1) is 42.0 Å². The number of aliphatic imine (C=N–C) groups is 2. The van der Waals surface area contributed by atoms with E-state index in [2.05, 4.69) is 30.5 Å². The molecule has 148 valence electrons. The summed E-state index contributed by atoms with van der Waals surface area (Å²) < 4.78 is 2.10. The molecule has 0 atom stereocenters. The van der Waals surface area contributed by atoms with E-state index in [1.807, 2.05) is 44.7 Å². The van der Waals surface area contributed by atoms with Crippen LogP contribution in [-0.2, 0) is 13.1 Å². The van der Waals surface area contributed by atoms with Crippen LogP contribution in [0.3, 0.4) is 0 Å². The third-order valence-electron chi connectivity index (χ3n) is 4.23. The maximum atomic E-state index is 6.43. The Balaban J connectivity index is 0.00000140. The fourth-order valence-electron chi connectivity index (χ4n) is 3.19. The lowest BCUT2D eigenvalue weighted by molar-refractivity contribution is 0.325. The minimum absolute atomic E-state index is 0. The normalized spacial score (nSPS) is 15.0. The van der Waals surface area contributed by atoms with Crippen LogP contribution in [0.1, 0.15) is 17.0 Å². The van der Waals surface area contributed by atoms with E-state index in [1.165, 1.54) is 0 Å². The Morgan fingerprint density at radius 3 is 2.57 bits per heavy atom. The number of fused-ring (bicyclic) bond motifs is 3. The molecule has 0 fully saturated rings. The summed E-state index contributed by atoms with van der Waals surface area (Å²) in [7, 11) is 4.04. The Hall–Kier alpha value is -1.25. The van der Waals surface area contributed by atoms with Crippen LogP contribution in [0, 0.1) is 0 Å². The standard InChI is InChI=1S/C19H17Cl2N5.2BrH/c1-25(2)11-26-10-23-15-8-7-13-17(12-5-3-4-6-14(12)20)24-16(21)9-22-18(13)19(15)26;;/h3-7,9-10H,8,11H2,1-2H3;2*1H. The quantitative estimate of drug-likeness (QED) is 0.506. The van der Waals surface area contributed by atoms with Crippen molar-refractivity contribution >= 4 is 68.6 Å². The average molecular weight is 548 g/mol. The lowest BCUT2D eigenvalue weighted by Gasteiger charge is -2.21. The van der Waals surface area contributed by atoms with E-state index in [9.17, 15) is 0 Å². The van der Waals surface area contributed by atoms with Gasteiger partial charge < -0.3 is 4.57 Å². The molecule has 1 aromatic heterocycles. The van der Waals surface area contributed by atoms with Crippen molar-refractivity contribution in [3.63, 3.8) is 0 Å². The van der Waals surface area contributed by atoms with Crippen LogP contribution in [0.4, 0.5) is 0 Å². The first kappa shape index (κ1) is 23.0. The van der Waals surface area contributed by atoms with E-state index in [1.54, 1.807) is 6.20 Å². The number of allylic oxidation sites excluding steroid dienone is 2. The lowest BCUT2D eigenvalue weighted by atomic mass is 9.90. The molecular weight excluding hydrogens is 529 g/mol. The van der Waals surface area contributed by atoms with Gasteiger partial charge in [-0.25, -0.2) is 9.98 Å². The van der Waals surface area contributed by atoms with Crippen molar-refractivity contribution in [1.82, 2.24) is 14.5 Å². The van der Waals surface area contributed by atoms with Gasteiger partial charge in [-0.1, -0.05) is 47.5 Å². The van der Waals surface area contributed by atoms with Crippen LogP contribution in [0.2, 0.25) is 5.02 Å². The lowest BCUT2D eigenvalue weighted by Crippen LogP contribution is -2.25. The van der Waals surface area contributed by atoms with Crippen molar-refractivity contribution in [1.29, 1.82) is 0 Å². The van der Waals surface area contributed by atoms with Crippen LogP contribution in [0.15, 0.2) is 63.6 Å². The van der Waals surface area contributed by atoms with Gasteiger partial charge in [-0.15, -0.1) is 34.0 Å². The number of imidazole rings is 1. The minimum Gasteiger partial charge on any atom is -0.315 e. The number of hydrogen-bond donors (Lipinski definition) is 0. The molecule has 28 heavy (non-hydrogen) atoms. The van der Waals surface area contributed by atoms with Crippen molar-refractivity contribution < 1.29 is 0 Å². The molecule has 0 saturated carbocycles. The van der Waals surface area contributed by atoms with Gasteiger partial charge in [-0.3, -0.25) is 9.89 Å². The highest BCUT2D eigenvalue weighted by Gasteiger charge is 2.29. The molecule has 0 bridgehead atoms. The Bertz CT molecular complexity index is 1010. The predicted molar refractivity (Wildman–Crippen MR) is 127 cm³/mol. The van der Waals surface area contributed by atoms with E-state index in [-0.39, 0.29) is 34.0 Å². The Morgan fingerprint density at radius 1 is 1.11 bits per heavy atom. The second kappa shape index (κ2) is 9.50. The van der Waals surface area contributed by atoms with Gasteiger partial charge in [-0.05, 0) is 20.2 Å². The first-order valence-electron chi connectivity index (χ1n) is 8.21. The van der Waals surface area contributed by atoms with E-state index in [0.29, 0.717) is 23.3 Å². The number of nitrogens with zero attached hydrogens (tertiary/aromatic N) is 5. The van der Waals surface area contributed by atoms with Crippen molar-refractivity contribution in [3.8, 4) is 0 Å². The summed E-state index contributed by atoms with van der Waals surface area (Å²) in [5.41, 5.74) is 5.32. The third kappa shape index (κ3) is 4.33. The van der Waals surface area contributed by atoms with Gasteiger partial charge in [-0.2, -0.15) is 0 Å². The fourth-order valence-corrected chi connectivity index (χ4v) is 3.55. The SMILES string of the molecule is Br.Br.CN(C)Cn1cnc2c1C1=NC=C(Cl)N=C(c3ccccc3Cl)C1=CC2. The second-order valence-corrected chi connectivity index (χ2v) is 7.22. The molecule has 1 aromatic carbocycles. The smallest absolute Gasteiger partial charge is 0.148 e. The van der Waals surface area contributed by atoms with E-state index in [0.717, 1.165) is 33.9 Å². The molecule has 2 aromatic rings. The van der Waals surface area contributed by atoms with Crippen molar-refractivity contribution in [2.75, 3.05) is 14.1 Å². The van der Waals surface area contributed by atoms with Crippen LogP contribution in [0.5, 0.6) is 0 Å². The summed E-state index contributed by atoms with van der Waals surface area (Å²) in [6.07, 6.45) is 6.24. The third-order valence-corrected chi connectivity index (χ3v) is 4.74. The molecule has 5 nitrogen and oxygen atoms in total. The van der Waals surface area contributed by atoms with E-state index < -0.39 is 0 Å². The molecule has 1 aliphatic carbocycles. The average Bonchev–Trinajstić information content (AvgIpc) is 2.92. The second-order valence-electron chi connectivity index (χ2n) is 6.42. The van der Waals surface area contributed by atoms with Crippen molar-refractivity contribution in [2.24, 2.45) is 9.98 Å². The van der Waals surface area contributed by atoms with E-state index in [4.69, 9.17) is 23.2 Å². The van der Waals surface area contributed by atoms with Crippen LogP contribution < -0.4 is 0 Å². The first-order chi connectivity index (χ1) is 12.5. The molecular formula is C19H19Br2Cl2N5. The summed E-state index contributed by atoms with van der Waals surface area (Å²) in [6, 6.07) is 7.63. The largest absolute Gasteiger partial charge is 0.315 e. The molecule has 0 saturated heterocycles. The summed E-state index contributed by atoms with van der Waals surface area (Å²) in [6.45, 7) is 0.713. The predicted octanol–water partition coefficient (Wildman–Crippen LogP) is 5.02. The summed E-state index contributed by atoms with van der Waals surface area (Å²) in [5.74, 6) is 0. The highest BCUT2D eigenvalue weighted by atomic mass is 79.9. The van der Waals surface area contributed by atoms with Crippen molar-refractivity contribution in [2.45, 2.75) is 13.1 Å². The highest BCUT2D eigenvalue weighted by molar-refractivity contribution is 8.93. The summed E-state index contributed by atoms with van der Waals surface area (Å²) in [4.78, 5) is 15.8. The van der Waals surface area contributed by atoms with Gasteiger partial charge in [0, 0.05) is 22.6 Å². The minimum atomic E-state index is 0. The molecule has 0 N–H and O–H groups in total. The van der Waals surface area contributed by atoms with Gasteiger partial charge in [0.1, 0.15) is 5.16 Å². The van der Waals surface area contributed by atoms with Gasteiger partial charge in [0.15, 0.2) is 0 Å². The fraction of sp³-hybridized carbons (Fsp3) is 0.211. The number of halogens is 4. The zero-order chi connectivity index (χ0) is 18.3. The molecule has 0 amide bonds. The Labute approximate surface area is 195 Å². The molecule has 1 aliphatic heterocycles. The molecule has 2 heterocycles.